The zero-order valence-electron chi connectivity index (χ0n) is 16.3. The Morgan fingerprint density at radius 2 is 1.67 bits per heavy atom. The Balaban J connectivity index is 1.69. The number of halogens is 2. The molecule has 3 aromatic carbocycles. The van der Waals surface area contributed by atoms with Crippen molar-refractivity contribution in [1.29, 1.82) is 0 Å². The van der Waals surface area contributed by atoms with Gasteiger partial charge in [0, 0.05) is 17.0 Å². The second kappa shape index (κ2) is 9.56. The number of nitrogens with zero attached hydrogens (tertiary/aromatic N) is 3. The Labute approximate surface area is 189 Å². The Morgan fingerprint density at radius 1 is 0.900 bits per heavy atom. The topological polar surface area (TPSA) is 39.9 Å². The molecule has 0 saturated carbocycles. The van der Waals surface area contributed by atoms with E-state index in [4.69, 9.17) is 27.9 Å². The van der Waals surface area contributed by atoms with Crippen molar-refractivity contribution in [2.45, 2.75) is 17.8 Å². The van der Waals surface area contributed by atoms with Crippen molar-refractivity contribution in [2.24, 2.45) is 0 Å². The van der Waals surface area contributed by atoms with Crippen LogP contribution in [0.25, 0.3) is 17.1 Å². The maximum absolute atomic E-state index is 6.16. The molecule has 0 radical (unpaired) electrons. The van der Waals surface area contributed by atoms with E-state index in [1.165, 1.54) is 0 Å². The molecule has 4 aromatic rings. The molecule has 4 nitrogen and oxygen atoms in total. The highest BCUT2D eigenvalue weighted by molar-refractivity contribution is 7.98. The minimum Gasteiger partial charge on any atom is -0.494 e. The third-order valence-corrected chi connectivity index (χ3v) is 6.16. The third-order valence-electron chi connectivity index (χ3n) is 4.42. The number of hydrogen-bond donors (Lipinski definition) is 0. The van der Waals surface area contributed by atoms with Crippen molar-refractivity contribution in [3.8, 4) is 22.8 Å². The van der Waals surface area contributed by atoms with Gasteiger partial charge in [-0.05, 0) is 48.9 Å². The van der Waals surface area contributed by atoms with Crippen molar-refractivity contribution in [1.82, 2.24) is 14.8 Å². The summed E-state index contributed by atoms with van der Waals surface area (Å²) >= 11 is 13.8. The van der Waals surface area contributed by atoms with E-state index in [-0.39, 0.29) is 0 Å². The lowest BCUT2D eigenvalue weighted by molar-refractivity contribution is 0.340. The van der Waals surface area contributed by atoms with Crippen molar-refractivity contribution in [3.63, 3.8) is 0 Å². The first-order valence-electron chi connectivity index (χ1n) is 9.46. The van der Waals surface area contributed by atoms with E-state index in [0.717, 1.165) is 33.5 Å². The van der Waals surface area contributed by atoms with Crippen molar-refractivity contribution < 1.29 is 4.74 Å². The SMILES string of the molecule is CCOc1ccc(-n2c(SCc3ccc(Cl)c(Cl)c3)nnc2-c2ccccc2)cc1. The van der Waals surface area contributed by atoms with Gasteiger partial charge >= 0.3 is 0 Å². The zero-order valence-corrected chi connectivity index (χ0v) is 18.6. The summed E-state index contributed by atoms with van der Waals surface area (Å²) in [5.41, 5.74) is 3.04. The van der Waals surface area contributed by atoms with Gasteiger partial charge in [0.05, 0.1) is 16.7 Å². The van der Waals surface area contributed by atoms with E-state index in [2.05, 4.69) is 14.8 Å². The molecule has 0 aliphatic heterocycles. The Kier molecular flexibility index (Phi) is 6.62. The molecule has 0 fully saturated rings. The smallest absolute Gasteiger partial charge is 0.196 e. The van der Waals surface area contributed by atoms with Crippen LogP contribution in [0.1, 0.15) is 12.5 Å². The fraction of sp³-hybridized carbons (Fsp3) is 0.130. The molecule has 0 bridgehead atoms. The summed E-state index contributed by atoms with van der Waals surface area (Å²) in [5, 5.41) is 10.8. The van der Waals surface area contributed by atoms with E-state index in [0.29, 0.717) is 22.4 Å². The third kappa shape index (κ3) is 4.64. The number of hydrogen-bond acceptors (Lipinski definition) is 4. The fourth-order valence-corrected chi connectivity index (χ4v) is 4.22. The molecule has 0 unspecified atom stereocenters. The highest BCUT2D eigenvalue weighted by atomic mass is 35.5. The van der Waals surface area contributed by atoms with Crippen LogP contribution in [-0.4, -0.2) is 21.4 Å². The molecule has 7 heteroatoms. The predicted octanol–water partition coefficient (Wildman–Crippen LogP) is 6.93. The summed E-state index contributed by atoms with van der Waals surface area (Å²) in [4.78, 5) is 0. The first-order valence-corrected chi connectivity index (χ1v) is 11.2. The maximum atomic E-state index is 6.16. The van der Waals surface area contributed by atoms with Crippen LogP contribution in [0.4, 0.5) is 0 Å². The number of aromatic nitrogens is 3. The quantitative estimate of drug-likeness (QED) is 0.283. The number of thioether (sulfide) groups is 1. The van der Waals surface area contributed by atoms with Crippen LogP contribution < -0.4 is 4.74 Å². The number of rotatable bonds is 7. The van der Waals surface area contributed by atoms with Gasteiger partial charge in [0.25, 0.3) is 0 Å². The van der Waals surface area contributed by atoms with E-state index < -0.39 is 0 Å². The lowest BCUT2D eigenvalue weighted by Gasteiger charge is -2.12. The first kappa shape index (κ1) is 20.8. The minimum atomic E-state index is 0.549. The second-order valence-electron chi connectivity index (χ2n) is 6.47. The van der Waals surface area contributed by atoms with Crippen LogP contribution in [0, 0.1) is 0 Å². The van der Waals surface area contributed by atoms with Gasteiger partial charge in [-0.15, -0.1) is 10.2 Å². The molecule has 4 rings (SSSR count). The highest BCUT2D eigenvalue weighted by Crippen LogP contribution is 2.31. The molecule has 0 atom stereocenters. The van der Waals surface area contributed by atoms with Gasteiger partial charge in [-0.1, -0.05) is 71.4 Å². The van der Waals surface area contributed by atoms with Gasteiger partial charge < -0.3 is 4.74 Å². The summed E-state index contributed by atoms with van der Waals surface area (Å²) in [7, 11) is 0. The van der Waals surface area contributed by atoms with Gasteiger partial charge in [-0.25, -0.2) is 0 Å². The maximum Gasteiger partial charge on any atom is 0.196 e. The predicted molar refractivity (Wildman–Crippen MR) is 124 cm³/mol. The second-order valence-corrected chi connectivity index (χ2v) is 8.23. The molecule has 152 valence electrons. The lowest BCUT2D eigenvalue weighted by atomic mass is 10.2. The summed E-state index contributed by atoms with van der Waals surface area (Å²) in [6.45, 7) is 2.60. The summed E-state index contributed by atoms with van der Waals surface area (Å²) < 4.78 is 7.64. The normalized spacial score (nSPS) is 10.9. The standard InChI is InChI=1S/C23H19Cl2N3OS/c1-2-29-19-11-9-18(10-12-19)28-22(17-6-4-3-5-7-17)26-27-23(28)30-15-16-8-13-20(24)21(25)14-16/h3-14H,2,15H2,1H3. The molecule has 1 heterocycles. The van der Waals surface area contributed by atoms with Crippen molar-refractivity contribution in [2.75, 3.05) is 6.61 Å². The van der Waals surface area contributed by atoms with Crippen molar-refractivity contribution >= 4 is 35.0 Å². The van der Waals surface area contributed by atoms with Crippen LogP contribution in [0.3, 0.4) is 0 Å². The summed E-state index contributed by atoms with van der Waals surface area (Å²) in [6, 6.07) is 23.7. The van der Waals surface area contributed by atoms with Crippen LogP contribution in [0.5, 0.6) is 5.75 Å². The first-order chi connectivity index (χ1) is 14.7. The van der Waals surface area contributed by atoms with E-state index >= 15 is 0 Å². The summed E-state index contributed by atoms with van der Waals surface area (Å²) in [6.07, 6.45) is 0. The van der Waals surface area contributed by atoms with Crippen LogP contribution in [0.2, 0.25) is 10.0 Å². The van der Waals surface area contributed by atoms with Gasteiger partial charge in [-0.3, -0.25) is 4.57 Å². The molecule has 0 amide bonds. The molecule has 1 aromatic heterocycles. The number of ether oxygens (including phenoxy) is 1. The fourth-order valence-electron chi connectivity index (χ4n) is 3.01. The number of benzene rings is 3. The van der Waals surface area contributed by atoms with Gasteiger partial charge in [0.1, 0.15) is 5.75 Å². The van der Waals surface area contributed by atoms with E-state index in [9.17, 15) is 0 Å². The minimum absolute atomic E-state index is 0.549. The lowest BCUT2D eigenvalue weighted by Crippen LogP contribution is -2.00. The molecule has 0 N–H and O–H groups in total. The van der Waals surface area contributed by atoms with Crippen LogP contribution >= 0.6 is 35.0 Å². The molecule has 0 saturated heterocycles. The molecular weight excluding hydrogens is 437 g/mol. The molecule has 0 spiro atoms. The molecular formula is C23H19Cl2N3OS. The Morgan fingerprint density at radius 3 is 2.37 bits per heavy atom. The van der Waals surface area contributed by atoms with E-state index in [1.807, 2.05) is 79.7 Å². The van der Waals surface area contributed by atoms with Gasteiger partial charge in [-0.2, -0.15) is 0 Å². The van der Waals surface area contributed by atoms with E-state index in [1.54, 1.807) is 11.8 Å². The largest absolute Gasteiger partial charge is 0.494 e. The Bertz CT molecular complexity index is 1130. The van der Waals surface area contributed by atoms with Crippen molar-refractivity contribution in [3.05, 3.63) is 88.4 Å². The molecule has 0 aliphatic rings. The molecule has 0 aliphatic carbocycles. The molecule has 30 heavy (non-hydrogen) atoms. The zero-order chi connectivity index (χ0) is 20.9. The van der Waals surface area contributed by atoms with Gasteiger partial charge in [0.2, 0.25) is 0 Å². The summed E-state index contributed by atoms with van der Waals surface area (Å²) in [5.74, 6) is 2.32. The highest BCUT2D eigenvalue weighted by Gasteiger charge is 2.16. The average molecular weight is 456 g/mol. The van der Waals surface area contributed by atoms with Crippen LogP contribution in [-0.2, 0) is 5.75 Å². The van der Waals surface area contributed by atoms with Gasteiger partial charge in [0.15, 0.2) is 11.0 Å². The average Bonchev–Trinajstić information content (AvgIpc) is 3.20. The monoisotopic (exact) mass is 455 g/mol. The van der Waals surface area contributed by atoms with Crippen LogP contribution in [0.15, 0.2) is 78.0 Å². The Hall–Kier alpha value is -2.47.